The highest BCUT2D eigenvalue weighted by atomic mass is 16.5. The molecule has 1 heterocycles. The van der Waals surface area contributed by atoms with Crippen molar-refractivity contribution >= 4 is 17.6 Å². The Hall–Kier alpha value is -5.48. The fourth-order valence-corrected chi connectivity index (χ4v) is 6.10. The summed E-state index contributed by atoms with van der Waals surface area (Å²) < 4.78 is 12.4. The Morgan fingerprint density at radius 1 is 0.766 bits per heavy atom. The maximum Gasteiger partial charge on any atom is 0.327 e. The molecule has 47 heavy (non-hydrogen) atoms. The highest BCUT2D eigenvalue weighted by molar-refractivity contribution is 6.10. The maximum atomic E-state index is 15.1. The van der Waals surface area contributed by atoms with E-state index in [0.29, 0.717) is 17.8 Å². The van der Waals surface area contributed by atoms with Gasteiger partial charge in [0.1, 0.15) is 12.6 Å². The van der Waals surface area contributed by atoms with E-state index in [1.807, 2.05) is 146 Å². The predicted molar refractivity (Wildman–Crippen MR) is 183 cm³/mol. The first-order chi connectivity index (χ1) is 23.1. The van der Waals surface area contributed by atoms with E-state index in [1.54, 1.807) is 11.8 Å². The standard InChI is InChI=1S/C41H36N2O4/c1-2-46-39(44)38(42-37(33-23-11-5-12-24-33)34-25-13-6-14-26-34)41(47-29-17-22-31-18-7-3-8-19-31)35-27-15-16-28-36(35)43(40(41)45)30-32-20-9-4-10-21-32/h3-16,18-21,23-28,37-38,42H,2,29-30H2,1H3. The van der Waals surface area contributed by atoms with E-state index >= 15 is 4.79 Å². The van der Waals surface area contributed by atoms with Crippen molar-refractivity contribution in [2.45, 2.75) is 31.2 Å². The van der Waals surface area contributed by atoms with Crippen LogP contribution in [0, 0.1) is 11.8 Å². The van der Waals surface area contributed by atoms with Gasteiger partial charge in [-0.25, -0.2) is 0 Å². The summed E-state index contributed by atoms with van der Waals surface area (Å²) in [5.41, 5.74) is 3.07. The summed E-state index contributed by atoms with van der Waals surface area (Å²) in [5.74, 6) is 5.26. The minimum absolute atomic E-state index is 0.104. The number of carbonyl (C=O) groups is 2. The lowest BCUT2D eigenvalue weighted by Crippen LogP contribution is -2.60. The molecule has 2 unspecified atom stereocenters. The van der Waals surface area contributed by atoms with Gasteiger partial charge in [0, 0.05) is 11.1 Å². The number of nitrogens with zero attached hydrogens (tertiary/aromatic N) is 1. The summed E-state index contributed by atoms with van der Waals surface area (Å²) in [6, 6.07) is 44.9. The van der Waals surface area contributed by atoms with Gasteiger partial charge in [-0.3, -0.25) is 14.9 Å². The number of rotatable bonds is 11. The van der Waals surface area contributed by atoms with Crippen LogP contribution in [0.5, 0.6) is 0 Å². The Kier molecular flexibility index (Phi) is 9.88. The van der Waals surface area contributed by atoms with Gasteiger partial charge in [-0.2, -0.15) is 0 Å². The molecule has 0 bridgehead atoms. The first kappa shape index (κ1) is 31.5. The van der Waals surface area contributed by atoms with Gasteiger partial charge in [0.25, 0.3) is 5.91 Å². The van der Waals surface area contributed by atoms with Crippen molar-refractivity contribution in [3.05, 3.63) is 173 Å². The van der Waals surface area contributed by atoms with E-state index in [1.165, 1.54) is 0 Å². The zero-order valence-electron chi connectivity index (χ0n) is 26.2. The number of esters is 1. The van der Waals surface area contributed by atoms with Gasteiger partial charge in [-0.1, -0.05) is 139 Å². The Morgan fingerprint density at radius 2 is 1.32 bits per heavy atom. The molecule has 1 amide bonds. The number of hydrogen-bond acceptors (Lipinski definition) is 5. The van der Waals surface area contributed by atoms with Crippen molar-refractivity contribution in [2.75, 3.05) is 18.1 Å². The lowest BCUT2D eigenvalue weighted by molar-refractivity contribution is -0.165. The second-order valence-corrected chi connectivity index (χ2v) is 11.2. The molecule has 0 radical (unpaired) electrons. The number of para-hydroxylation sites is 1. The molecular weight excluding hydrogens is 584 g/mol. The van der Waals surface area contributed by atoms with Gasteiger partial charge < -0.3 is 14.4 Å². The molecule has 5 aromatic rings. The molecule has 1 N–H and O–H groups in total. The molecule has 6 rings (SSSR count). The number of benzene rings is 5. The zero-order chi connectivity index (χ0) is 32.5. The average Bonchev–Trinajstić information content (AvgIpc) is 3.35. The van der Waals surface area contributed by atoms with Crippen LogP contribution in [0.15, 0.2) is 146 Å². The van der Waals surface area contributed by atoms with Gasteiger partial charge in [0.15, 0.2) is 0 Å². The van der Waals surface area contributed by atoms with Crippen molar-refractivity contribution in [2.24, 2.45) is 0 Å². The quantitative estimate of drug-likeness (QED) is 0.130. The molecule has 0 saturated heterocycles. The van der Waals surface area contributed by atoms with Gasteiger partial charge in [-0.15, -0.1) is 0 Å². The molecular formula is C41H36N2O4. The van der Waals surface area contributed by atoms with Crippen molar-refractivity contribution in [1.29, 1.82) is 0 Å². The Labute approximate surface area is 276 Å². The van der Waals surface area contributed by atoms with E-state index < -0.39 is 23.7 Å². The third kappa shape index (κ3) is 6.73. The Bertz CT molecular complexity index is 1810. The van der Waals surface area contributed by atoms with E-state index in [-0.39, 0.29) is 19.1 Å². The molecule has 5 aromatic carbocycles. The van der Waals surface area contributed by atoms with Crippen LogP contribution in [-0.4, -0.2) is 31.1 Å². The van der Waals surface area contributed by atoms with Crippen LogP contribution >= 0.6 is 0 Å². The molecule has 6 nitrogen and oxygen atoms in total. The van der Waals surface area contributed by atoms with Gasteiger partial charge >= 0.3 is 5.97 Å². The zero-order valence-corrected chi connectivity index (χ0v) is 26.2. The molecule has 1 aliphatic rings. The highest BCUT2D eigenvalue weighted by Gasteiger charge is 2.60. The lowest BCUT2D eigenvalue weighted by Gasteiger charge is -2.37. The van der Waals surface area contributed by atoms with Crippen molar-refractivity contribution < 1.29 is 19.1 Å². The van der Waals surface area contributed by atoms with Gasteiger partial charge in [-0.05, 0) is 41.8 Å². The fraction of sp³-hybridized carbons (Fsp3) is 0.171. The number of nitrogens with one attached hydrogen (secondary N) is 1. The molecule has 0 aliphatic carbocycles. The monoisotopic (exact) mass is 620 g/mol. The molecule has 1 aliphatic heterocycles. The topological polar surface area (TPSA) is 67.9 Å². The summed E-state index contributed by atoms with van der Waals surface area (Å²) in [6.07, 6.45) is 0. The fourth-order valence-electron chi connectivity index (χ4n) is 6.10. The van der Waals surface area contributed by atoms with Crippen LogP contribution < -0.4 is 10.2 Å². The van der Waals surface area contributed by atoms with E-state index in [2.05, 4.69) is 17.2 Å². The minimum Gasteiger partial charge on any atom is -0.465 e. The lowest BCUT2D eigenvalue weighted by atomic mass is 9.85. The third-order valence-electron chi connectivity index (χ3n) is 8.25. The van der Waals surface area contributed by atoms with Crippen LogP contribution in [-0.2, 0) is 31.2 Å². The van der Waals surface area contributed by atoms with E-state index in [4.69, 9.17) is 9.47 Å². The summed E-state index contributed by atoms with van der Waals surface area (Å²) in [5, 5.41) is 3.57. The number of fused-ring (bicyclic) bond motifs is 1. The predicted octanol–water partition coefficient (Wildman–Crippen LogP) is 6.81. The van der Waals surface area contributed by atoms with Crippen molar-refractivity contribution in [3.63, 3.8) is 0 Å². The molecule has 6 heteroatoms. The average molecular weight is 621 g/mol. The number of carbonyl (C=O) groups excluding carboxylic acids is 2. The van der Waals surface area contributed by atoms with Crippen LogP contribution in [0.2, 0.25) is 0 Å². The van der Waals surface area contributed by atoms with Crippen LogP contribution in [0.3, 0.4) is 0 Å². The first-order valence-corrected chi connectivity index (χ1v) is 15.8. The minimum atomic E-state index is -1.79. The normalized spacial score (nSPS) is 15.9. The summed E-state index contributed by atoms with van der Waals surface area (Å²) >= 11 is 0. The molecule has 2 atom stereocenters. The van der Waals surface area contributed by atoms with Crippen LogP contribution in [0.4, 0.5) is 5.69 Å². The van der Waals surface area contributed by atoms with Crippen molar-refractivity contribution in [1.82, 2.24) is 5.32 Å². The number of amides is 1. The van der Waals surface area contributed by atoms with E-state index in [0.717, 1.165) is 22.3 Å². The van der Waals surface area contributed by atoms with Crippen LogP contribution in [0.1, 0.15) is 40.8 Å². The molecule has 0 spiro atoms. The third-order valence-corrected chi connectivity index (χ3v) is 8.25. The smallest absolute Gasteiger partial charge is 0.327 e. The SMILES string of the molecule is CCOC(=O)C(NC(c1ccccc1)c1ccccc1)C1(OCC#Cc2ccccc2)C(=O)N(Cc2ccccc2)c2ccccc21. The maximum absolute atomic E-state index is 15.1. The van der Waals surface area contributed by atoms with Gasteiger partial charge in [0.2, 0.25) is 5.60 Å². The second kappa shape index (κ2) is 14.7. The molecule has 0 aromatic heterocycles. The molecule has 0 fully saturated rings. The Balaban J connectivity index is 1.50. The summed E-state index contributed by atoms with van der Waals surface area (Å²) in [4.78, 5) is 31.0. The molecule has 0 saturated carbocycles. The number of anilines is 1. The van der Waals surface area contributed by atoms with Crippen molar-refractivity contribution in [3.8, 4) is 11.8 Å². The number of hydrogen-bond donors (Lipinski definition) is 1. The second-order valence-electron chi connectivity index (χ2n) is 11.2. The number of ether oxygens (including phenoxy) is 2. The molecule has 234 valence electrons. The first-order valence-electron chi connectivity index (χ1n) is 15.8. The largest absolute Gasteiger partial charge is 0.465 e. The van der Waals surface area contributed by atoms with E-state index in [9.17, 15) is 4.79 Å². The highest BCUT2D eigenvalue weighted by Crippen LogP contribution is 2.47. The van der Waals surface area contributed by atoms with Gasteiger partial charge in [0.05, 0.1) is 24.9 Å². The summed E-state index contributed by atoms with van der Waals surface area (Å²) in [7, 11) is 0. The Morgan fingerprint density at radius 3 is 1.94 bits per heavy atom. The summed E-state index contributed by atoms with van der Waals surface area (Å²) in [6.45, 7) is 2.08. The van der Waals surface area contributed by atoms with Crippen LogP contribution in [0.25, 0.3) is 0 Å².